The zero-order valence-corrected chi connectivity index (χ0v) is 11.5. The molecule has 1 aliphatic heterocycles. The molecule has 1 atom stereocenters. The third-order valence-electron chi connectivity index (χ3n) is 3.20. The molecule has 21 heavy (non-hydrogen) atoms. The van der Waals surface area contributed by atoms with Gasteiger partial charge in [-0.05, 0) is 22.4 Å². The van der Waals surface area contributed by atoms with Gasteiger partial charge in [0.1, 0.15) is 16.5 Å². The highest BCUT2D eigenvalue weighted by Crippen LogP contribution is 2.26. The van der Waals surface area contributed by atoms with Gasteiger partial charge in [-0.1, -0.05) is 6.07 Å². The van der Waals surface area contributed by atoms with Crippen LogP contribution in [0.15, 0.2) is 27.7 Å². The van der Waals surface area contributed by atoms with Crippen LogP contribution in [0, 0.1) is 0 Å². The Morgan fingerprint density at radius 3 is 2.95 bits per heavy atom. The number of ether oxygens (including phenoxy) is 1. The summed E-state index contributed by atoms with van der Waals surface area (Å²) in [6, 6.07) is 3.13. The summed E-state index contributed by atoms with van der Waals surface area (Å²) in [6.45, 7) is -0.0986. The second kappa shape index (κ2) is 5.06. The number of carboxylic acids is 1. The van der Waals surface area contributed by atoms with Crippen molar-refractivity contribution in [2.24, 2.45) is 0 Å². The van der Waals surface area contributed by atoms with Crippen LogP contribution in [0.2, 0.25) is 0 Å². The number of carbonyl (C=O) groups is 1. The van der Waals surface area contributed by atoms with Crippen molar-refractivity contribution in [3.63, 3.8) is 0 Å². The van der Waals surface area contributed by atoms with E-state index < -0.39 is 22.0 Å². The zero-order valence-electron chi connectivity index (χ0n) is 10.7. The fourth-order valence-corrected chi connectivity index (χ4v) is 3.88. The van der Waals surface area contributed by atoms with Gasteiger partial charge in [-0.2, -0.15) is 4.31 Å². The summed E-state index contributed by atoms with van der Waals surface area (Å²) < 4.78 is 35.9. The summed E-state index contributed by atoms with van der Waals surface area (Å²) in [7, 11) is -4.04. The van der Waals surface area contributed by atoms with E-state index in [4.69, 9.17) is 9.84 Å². The van der Waals surface area contributed by atoms with Gasteiger partial charge in [0.2, 0.25) is 10.0 Å². The van der Waals surface area contributed by atoms with Gasteiger partial charge in [0.05, 0.1) is 13.2 Å². The van der Waals surface area contributed by atoms with Gasteiger partial charge in [0.25, 0.3) is 0 Å². The lowest BCUT2D eigenvalue weighted by molar-refractivity contribution is -0.146. The van der Waals surface area contributed by atoms with Crippen LogP contribution in [0.25, 0.3) is 11.0 Å². The van der Waals surface area contributed by atoms with Crippen LogP contribution >= 0.6 is 0 Å². The minimum atomic E-state index is -4.04. The van der Waals surface area contributed by atoms with E-state index in [1.165, 1.54) is 12.1 Å². The lowest BCUT2D eigenvalue weighted by atomic mass is 10.3. The molecule has 1 aliphatic rings. The molecule has 2 heterocycles. The number of aliphatic carboxylic acids is 1. The van der Waals surface area contributed by atoms with E-state index in [2.05, 4.69) is 14.9 Å². The number of aromatic nitrogens is 2. The number of nitrogens with zero attached hydrogens (tertiary/aromatic N) is 3. The summed E-state index contributed by atoms with van der Waals surface area (Å²) in [6.07, 6.45) is 0. The summed E-state index contributed by atoms with van der Waals surface area (Å²) >= 11 is 0. The molecule has 1 aromatic carbocycles. The molecule has 112 valence electrons. The van der Waals surface area contributed by atoms with Crippen LogP contribution < -0.4 is 0 Å². The topological polar surface area (TPSA) is 123 Å². The SMILES string of the molecule is O=C(O)C1COCCN1S(=O)(=O)c1cccc2nonc12. The third-order valence-corrected chi connectivity index (χ3v) is 5.14. The molecule has 0 aliphatic carbocycles. The van der Waals surface area contributed by atoms with Gasteiger partial charge < -0.3 is 9.84 Å². The molecule has 1 saturated heterocycles. The minimum absolute atomic E-state index is 0.0407. The molecule has 3 rings (SSSR count). The average molecular weight is 313 g/mol. The normalized spacial score (nSPS) is 20.7. The van der Waals surface area contributed by atoms with Crippen molar-refractivity contribution in [2.45, 2.75) is 10.9 Å². The number of rotatable bonds is 3. The number of morpholine rings is 1. The van der Waals surface area contributed by atoms with Crippen molar-refractivity contribution in [3.8, 4) is 0 Å². The molecule has 9 nitrogen and oxygen atoms in total. The van der Waals surface area contributed by atoms with E-state index in [0.29, 0.717) is 0 Å². The number of fused-ring (bicyclic) bond motifs is 1. The summed E-state index contributed by atoms with van der Waals surface area (Å²) in [5.41, 5.74) is 0.365. The molecular weight excluding hydrogens is 302 g/mol. The highest BCUT2D eigenvalue weighted by Gasteiger charge is 2.39. The van der Waals surface area contributed by atoms with E-state index in [0.717, 1.165) is 4.31 Å². The number of sulfonamides is 1. The summed E-state index contributed by atoms with van der Waals surface area (Å²) in [4.78, 5) is 11.1. The molecule has 10 heteroatoms. The van der Waals surface area contributed by atoms with E-state index in [9.17, 15) is 13.2 Å². The first kappa shape index (κ1) is 13.9. The van der Waals surface area contributed by atoms with Gasteiger partial charge in [-0.15, -0.1) is 0 Å². The second-order valence-corrected chi connectivity index (χ2v) is 6.29. The van der Waals surface area contributed by atoms with E-state index in [1.54, 1.807) is 6.07 Å². The Morgan fingerprint density at radius 1 is 1.38 bits per heavy atom. The van der Waals surface area contributed by atoms with Crippen molar-refractivity contribution >= 4 is 27.0 Å². The Labute approximate surface area is 119 Å². The van der Waals surface area contributed by atoms with Crippen molar-refractivity contribution in [1.82, 2.24) is 14.6 Å². The zero-order chi connectivity index (χ0) is 15.0. The van der Waals surface area contributed by atoms with Gasteiger partial charge >= 0.3 is 5.97 Å². The van der Waals surface area contributed by atoms with Gasteiger partial charge in [0, 0.05) is 6.54 Å². The molecular formula is C11H11N3O6S. The Balaban J connectivity index is 2.11. The third kappa shape index (κ3) is 2.26. The molecule has 0 bridgehead atoms. The van der Waals surface area contributed by atoms with Crippen LogP contribution in [-0.2, 0) is 19.6 Å². The summed E-state index contributed by atoms with van der Waals surface area (Å²) in [5, 5.41) is 16.3. The van der Waals surface area contributed by atoms with E-state index in [-0.39, 0.29) is 35.7 Å². The van der Waals surface area contributed by atoms with Crippen LogP contribution in [0.1, 0.15) is 0 Å². The predicted octanol–water partition coefficient (Wildman–Crippen LogP) is -0.303. The van der Waals surface area contributed by atoms with Crippen LogP contribution in [0.4, 0.5) is 0 Å². The fraction of sp³-hybridized carbons (Fsp3) is 0.364. The monoisotopic (exact) mass is 313 g/mol. The summed E-state index contributed by atoms with van der Waals surface area (Å²) in [5.74, 6) is -1.26. The molecule has 1 unspecified atom stereocenters. The Hall–Kier alpha value is -2.04. The van der Waals surface area contributed by atoms with Gasteiger partial charge in [-0.3, -0.25) is 4.79 Å². The first-order valence-electron chi connectivity index (χ1n) is 6.05. The van der Waals surface area contributed by atoms with Crippen molar-refractivity contribution in [1.29, 1.82) is 0 Å². The lowest BCUT2D eigenvalue weighted by Crippen LogP contribution is -2.52. The fourth-order valence-electron chi connectivity index (χ4n) is 2.19. The molecule has 1 aromatic heterocycles. The maximum Gasteiger partial charge on any atom is 0.324 e. The highest BCUT2D eigenvalue weighted by molar-refractivity contribution is 7.89. The van der Waals surface area contributed by atoms with Crippen LogP contribution in [0.3, 0.4) is 0 Å². The molecule has 0 saturated carbocycles. The predicted molar refractivity (Wildman–Crippen MR) is 67.9 cm³/mol. The molecule has 0 spiro atoms. The second-order valence-electron chi connectivity index (χ2n) is 4.43. The van der Waals surface area contributed by atoms with Crippen LogP contribution in [-0.4, -0.2) is 59.9 Å². The quantitative estimate of drug-likeness (QED) is 0.819. The Kier molecular flexibility index (Phi) is 3.35. The number of carboxylic acid groups (broad SMARTS) is 1. The lowest BCUT2D eigenvalue weighted by Gasteiger charge is -2.31. The van der Waals surface area contributed by atoms with Crippen LogP contribution in [0.5, 0.6) is 0 Å². The van der Waals surface area contributed by atoms with Gasteiger partial charge in [-0.25, -0.2) is 13.0 Å². The standard InChI is InChI=1S/C11H11N3O6S/c15-11(16)8-6-19-5-4-14(8)21(17,18)9-3-1-2-7-10(9)13-20-12-7/h1-3,8H,4-6H2,(H,15,16). The largest absolute Gasteiger partial charge is 0.480 e. The average Bonchev–Trinajstić information content (AvgIpc) is 2.95. The van der Waals surface area contributed by atoms with Crippen molar-refractivity contribution < 1.29 is 27.7 Å². The smallest absolute Gasteiger partial charge is 0.324 e. The molecule has 1 fully saturated rings. The number of hydrogen-bond donors (Lipinski definition) is 1. The first-order chi connectivity index (χ1) is 10.0. The van der Waals surface area contributed by atoms with E-state index >= 15 is 0 Å². The Morgan fingerprint density at radius 2 is 2.19 bits per heavy atom. The van der Waals surface area contributed by atoms with E-state index in [1.807, 2.05) is 0 Å². The first-order valence-corrected chi connectivity index (χ1v) is 7.49. The number of benzene rings is 1. The minimum Gasteiger partial charge on any atom is -0.480 e. The van der Waals surface area contributed by atoms with Crippen molar-refractivity contribution in [2.75, 3.05) is 19.8 Å². The van der Waals surface area contributed by atoms with Crippen molar-refractivity contribution in [3.05, 3.63) is 18.2 Å². The highest BCUT2D eigenvalue weighted by atomic mass is 32.2. The molecule has 0 radical (unpaired) electrons. The maximum absolute atomic E-state index is 12.7. The molecule has 1 N–H and O–H groups in total. The Bertz CT molecular complexity index is 786. The number of hydrogen-bond acceptors (Lipinski definition) is 7. The van der Waals surface area contributed by atoms with Gasteiger partial charge in [0.15, 0.2) is 5.52 Å². The molecule has 0 amide bonds. The molecule has 2 aromatic rings. The maximum atomic E-state index is 12.7.